The van der Waals surface area contributed by atoms with Gasteiger partial charge in [-0.15, -0.1) is 0 Å². The number of hydrogen-bond donors (Lipinski definition) is 1. The Morgan fingerprint density at radius 3 is 2.09 bits per heavy atom. The van der Waals surface area contributed by atoms with Gasteiger partial charge in [0.05, 0.1) is 20.5 Å². The van der Waals surface area contributed by atoms with Gasteiger partial charge in [0.1, 0.15) is 23.6 Å². The molecular weight excluding hydrogens is 428 g/mol. The smallest absolute Gasteiger partial charge is 0.312 e. The average Bonchev–Trinajstić information content (AvgIpc) is 3.27. The fraction of sp³-hybridized carbons (Fsp3) is 0.235. The van der Waals surface area contributed by atoms with Crippen LogP contribution in [0.2, 0.25) is 0 Å². The number of aryl methyl sites for hydroxylation is 1. The monoisotopic (exact) mass is 444 g/mol. The first-order chi connectivity index (χ1) is 15.0. The fourth-order valence-electron chi connectivity index (χ4n) is 3.12. The van der Waals surface area contributed by atoms with Crippen LogP contribution in [0.1, 0.15) is 27.4 Å². The molecule has 3 aromatic rings. The second kappa shape index (κ2) is 8.21. The zero-order valence-corrected chi connectivity index (χ0v) is 17.0. The Balaban J connectivity index is 1.83. The number of rotatable bonds is 7. The average molecular weight is 444 g/mol. The summed E-state index contributed by atoms with van der Waals surface area (Å²) in [6.07, 6.45) is 1.44. The number of anilines is 1. The number of carbonyl (C=O) groups excluding carboxylic acids is 1. The molecule has 1 amide bonds. The van der Waals surface area contributed by atoms with Crippen molar-refractivity contribution in [2.75, 3.05) is 5.32 Å². The van der Waals surface area contributed by atoms with Crippen LogP contribution in [-0.2, 0) is 6.67 Å². The third-order valence-corrected chi connectivity index (χ3v) is 4.68. The van der Waals surface area contributed by atoms with Gasteiger partial charge < -0.3 is 5.32 Å². The number of hydrogen-bond acceptors (Lipinski definition) is 9. The van der Waals surface area contributed by atoms with Gasteiger partial charge in [-0.2, -0.15) is 10.2 Å². The van der Waals surface area contributed by atoms with Gasteiger partial charge >= 0.3 is 5.69 Å². The number of nitro benzene ring substituents is 2. The zero-order valence-electron chi connectivity index (χ0n) is 17.0. The summed E-state index contributed by atoms with van der Waals surface area (Å²) in [6.45, 7) is 4.28. The minimum atomic E-state index is -0.777. The van der Waals surface area contributed by atoms with Crippen LogP contribution in [0.4, 0.5) is 22.7 Å². The van der Waals surface area contributed by atoms with Crippen molar-refractivity contribution in [2.24, 2.45) is 0 Å². The maximum Gasteiger partial charge on any atom is 0.312 e. The van der Waals surface area contributed by atoms with E-state index in [1.807, 2.05) is 0 Å². The van der Waals surface area contributed by atoms with Gasteiger partial charge in [0.25, 0.3) is 17.3 Å². The molecule has 0 unspecified atom stereocenters. The molecule has 0 spiro atoms. The highest BCUT2D eigenvalue weighted by Gasteiger charge is 2.25. The van der Waals surface area contributed by atoms with Crippen molar-refractivity contribution in [3.05, 3.63) is 77.4 Å². The van der Waals surface area contributed by atoms with Crippen LogP contribution in [0.25, 0.3) is 0 Å². The quantitative estimate of drug-likeness (QED) is 0.420. The maximum atomic E-state index is 12.5. The van der Waals surface area contributed by atoms with E-state index in [0.29, 0.717) is 5.69 Å². The van der Waals surface area contributed by atoms with Crippen molar-refractivity contribution >= 4 is 28.7 Å². The van der Waals surface area contributed by atoms with Crippen LogP contribution in [0.5, 0.6) is 0 Å². The zero-order chi connectivity index (χ0) is 23.7. The van der Waals surface area contributed by atoms with Gasteiger partial charge in [-0.25, -0.2) is 4.68 Å². The predicted octanol–water partition coefficient (Wildman–Crippen LogP) is 2.49. The second-order valence-corrected chi connectivity index (χ2v) is 6.77. The largest absolute Gasteiger partial charge is 0.320 e. The molecule has 0 saturated heterocycles. The lowest BCUT2D eigenvalue weighted by molar-refractivity contribution is -0.395. The van der Waals surface area contributed by atoms with Crippen molar-refractivity contribution in [2.45, 2.75) is 27.4 Å². The molecule has 32 heavy (non-hydrogen) atoms. The van der Waals surface area contributed by atoms with E-state index in [0.717, 1.165) is 12.1 Å². The molecule has 15 nitrogen and oxygen atoms in total. The van der Waals surface area contributed by atoms with E-state index < -0.39 is 32.1 Å². The van der Waals surface area contributed by atoms with Crippen LogP contribution in [-0.4, -0.2) is 40.2 Å². The van der Waals surface area contributed by atoms with E-state index in [2.05, 4.69) is 15.5 Å². The maximum absolute atomic E-state index is 12.5. The Kier molecular flexibility index (Phi) is 5.65. The van der Waals surface area contributed by atoms with Gasteiger partial charge in [0.2, 0.25) is 0 Å². The number of carbonyl (C=O) groups is 1. The molecule has 0 fully saturated rings. The summed E-state index contributed by atoms with van der Waals surface area (Å²) in [5.74, 6) is -0.754. The van der Waals surface area contributed by atoms with E-state index in [-0.39, 0.29) is 35.0 Å². The highest BCUT2D eigenvalue weighted by atomic mass is 16.6. The highest BCUT2D eigenvalue weighted by Crippen LogP contribution is 2.31. The Bertz CT molecular complexity index is 1240. The lowest BCUT2D eigenvalue weighted by Gasteiger charge is -2.06. The summed E-state index contributed by atoms with van der Waals surface area (Å²) in [4.78, 5) is 43.9. The minimum Gasteiger partial charge on any atom is -0.320 e. The minimum absolute atomic E-state index is 0.00469. The summed E-state index contributed by atoms with van der Waals surface area (Å²) in [6, 6.07) is 3.39. The lowest BCUT2D eigenvalue weighted by atomic mass is 10.1. The van der Waals surface area contributed by atoms with E-state index >= 15 is 0 Å². The molecule has 166 valence electrons. The number of benzene rings is 1. The Hall–Kier alpha value is -4.69. The molecule has 15 heteroatoms. The first-order valence-corrected chi connectivity index (χ1v) is 8.96. The number of amides is 1. The van der Waals surface area contributed by atoms with Crippen molar-refractivity contribution in [1.82, 2.24) is 19.6 Å². The standard InChI is InChI=1S/C17H16N8O7/c1-9-14(23(27)28)6-12(7-15(9)24(29)30)18-17(26)13-4-5-21(20-13)8-22-11(3)16(25(31)32)10(2)19-22/h4-7H,8H2,1-3H3,(H,18,26). The van der Waals surface area contributed by atoms with E-state index in [1.165, 1.54) is 42.4 Å². The normalized spacial score (nSPS) is 10.7. The van der Waals surface area contributed by atoms with Crippen molar-refractivity contribution in [3.63, 3.8) is 0 Å². The summed E-state index contributed by atoms with van der Waals surface area (Å²) < 4.78 is 2.67. The molecule has 0 bridgehead atoms. The van der Waals surface area contributed by atoms with Gasteiger partial charge in [-0.1, -0.05) is 0 Å². The topological polar surface area (TPSA) is 194 Å². The lowest BCUT2D eigenvalue weighted by Crippen LogP contribution is -2.16. The van der Waals surface area contributed by atoms with Crippen LogP contribution < -0.4 is 5.32 Å². The molecule has 1 aromatic carbocycles. The number of nitrogens with one attached hydrogen (secondary N) is 1. The molecule has 1 N–H and O–H groups in total. The molecule has 0 atom stereocenters. The van der Waals surface area contributed by atoms with E-state index in [4.69, 9.17) is 0 Å². The summed E-state index contributed by atoms with van der Waals surface area (Å²) >= 11 is 0. The third-order valence-electron chi connectivity index (χ3n) is 4.68. The predicted molar refractivity (Wildman–Crippen MR) is 108 cm³/mol. The molecule has 0 aliphatic rings. The molecule has 0 radical (unpaired) electrons. The van der Waals surface area contributed by atoms with Crippen molar-refractivity contribution in [1.29, 1.82) is 0 Å². The Morgan fingerprint density at radius 1 is 1.00 bits per heavy atom. The molecule has 0 saturated carbocycles. The molecule has 3 rings (SSSR count). The van der Waals surface area contributed by atoms with Gasteiger partial charge in [-0.3, -0.25) is 39.8 Å². The van der Waals surface area contributed by atoms with Crippen molar-refractivity contribution in [3.8, 4) is 0 Å². The van der Waals surface area contributed by atoms with Crippen LogP contribution in [0.15, 0.2) is 24.4 Å². The molecule has 0 aliphatic carbocycles. The van der Waals surface area contributed by atoms with Gasteiger partial charge in [0.15, 0.2) is 5.69 Å². The number of aromatic nitrogens is 4. The van der Waals surface area contributed by atoms with E-state index in [9.17, 15) is 35.1 Å². The van der Waals surface area contributed by atoms with Crippen molar-refractivity contribution < 1.29 is 19.6 Å². The van der Waals surface area contributed by atoms with Gasteiger partial charge in [0, 0.05) is 18.3 Å². The first-order valence-electron chi connectivity index (χ1n) is 8.96. The van der Waals surface area contributed by atoms with Crippen LogP contribution in [0.3, 0.4) is 0 Å². The summed E-state index contributed by atoms with van der Waals surface area (Å²) in [5.41, 5.74) is -0.931. The molecule has 2 aromatic heterocycles. The molecular formula is C17H16N8O7. The van der Waals surface area contributed by atoms with Crippen LogP contribution in [0, 0.1) is 51.1 Å². The molecule has 2 heterocycles. The second-order valence-electron chi connectivity index (χ2n) is 6.77. The molecule has 0 aliphatic heterocycles. The first kappa shape index (κ1) is 22.0. The summed E-state index contributed by atoms with van der Waals surface area (Å²) in [7, 11) is 0. The van der Waals surface area contributed by atoms with Crippen LogP contribution >= 0.6 is 0 Å². The SMILES string of the molecule is Cc1nn(Cn2ccc(C(=O)Nc3cc([N+](=O)[O-])c(C)c([N+](=O)[O-])c3)n2)c(C)c1[N+](=O)[O-]. The third kappa shape index (κ3) is 4.11. The number of nitro groups is 3. The van der Waals surface area contributed by atoms with E-state index in [1.54, 1.807) is 0 Å². The highest BCUT2D eigenvalue weighted by molar-refractivity contribution is 6.03. The Morgan fingerprint density at radius 2 is 1.59 bits per heavy atom. The number of nitrogens with zero attached hydrogens (tertiary/aromatic N) is 7. The summed E-state index contributed by atoms with van der Waals surface area (Å²) in [5, 5.41) is 44.0. The Labute approximate surface area is 178 Å². The van der Waals surface area contributed by atoms with Gasteiger partial charge in [-0.05, 0) is 26.8 Å². The fourth-order valence-corrected chi connectivity index (χ4v) is 3.12.